The summed E-state index contributed by atoms with van der Waals surface area (Å²) in [7, 11) is -3.66. The van der Waals surface area contributed by atoms with Crippen LogP contribution >= 0.6 is 0 Å². The minimum absolute atomic E-state index is 0.148. The van der Waals surface area contributed by atoms with Crippen molar-refractivity contribution in [2.24, 2.45) is 0 Å². The number of carbonyl (C=O) groups is 1. The Morgan fingerprint density at radius 1 is 1.00 bits per heavy atom. The monoisotopic (exact) mass is 390 g/mol. The molecule has 0 aliphatic carbocycles. The second-order valence-corrected chi connectivity index (χ2v) is 8.75. The first kappa shape index (κ1) is 20.9. The molecule has 1 amide bonds. The van der Waals surface area contributed by atoms with Crippen LogP contribution in [0.3, 0.4) is 0 Å². The molecule has 7 heteroatoms. The summed E-state index contributed by atoms with van der Waals surface area (Å²) >= 11 is 0. The van der Waals surface area contributed by atoms with E-state index >= 15 is 0 Å². The lowest BCUT2D eigenvalue weighted by molar-refractivity contribution is -0.122. The van der Waals surface area contributed by atoms with Crippen LogP contribution in [0.5, 0.6) is 0 Å². The van der Waals surface area contributed by atoms with E-state index in [2.05, 4.69) is 10.0 Å². The lowest BCUT2D eigenvalue weighted by atomic mass is 10.1. The molecule has 0 radical (unpaired) electrons. The molecule has 146 valence electrons. The van der Waals surface area contributed by atoms with Crippen molar-refractivity contribution in [3.8, 4) is 0 Å². The molecule has 6 nitrogen and oxygen atoms in total. The highest BCUT2D eigenvalue weighted by Crippen LogP contribution is 2.18. The fourth-order valence-corrected chi connectivity index (χ4v) is 3.51. The van der Waals surface area contributed by atoms with Crippen molar-refractivity contribution >= 4 is 21.6 Å². The van der Waals surface area contributed by atoms with Gasteiger partial charge in [0.2, 0.25) is 5.91 Å². The minimum atomic E-state index is -3.66. The number of anilines is 1. The van der Waals surface area contributed by atoms with Gasteiger partial charge >= 0.3 is 0 Å². The van der Waals surface area contributed by atoms with E-state index in [-0.39, 0.29) is 23.8 Å². The van der Waals surface area contributed by atoms with Crippen LogP contribution in [-0.2, 0) is 27.7 Å². The third-order valence-electron chi connectivity index (χ3n) is 4.09. The molecule has 0 aliphatic rings. The van der Waals surface area contributed by atoms with Crippen molar-refractivity contribution in [1.29, 1.82) is 0 Å². The van der Waals surface area contributed by atoms with Crippen molar-refractivity contribution in [2.75, 3.05) is 11.3 Å². The summed E-state index contributed by atoms with van der Waals surface area (Å²) in [5.74, 6) is -0.210. The number of nitrogens with one attached hydrogen (secondary N) is 2. The predicted octanol–water partition coefficient (Wildman–Crippen LogP) is 2.48. The zero-order chi connectivity index (χ0) is 20.1. The molecule has 0 bridgehead atoms. The predicted molar refractivity (Wildman–Crippen MR) is 106 cm³/mol. The molecular weight excluding hydrogens is 364 g/mol. The van der Waals surface area contributed by atoms with Crippen LogP contribution in [0.2, 0.25) is 0 Å². The number of hydrogen-bond acceptors (Lipinski definition) is 4. The van der Waals surface area contributed by atoms with Gasteiger partial charge in [0.25, 0.3) is 10.0 Å². The van der Waals surface area contributed by atoms with Gasteiger partial charge in [-0.2, -0.15) is 0 Å². The molecule has 3 N–H and O–H groups in total. The van der Waals surface area contributed by atoms with E-state index in [1.807, 2.05) is 6.92 Å². The fraction of sp³-hybridized carbons (Fsp3) is 0.350. The number of aryl methyl sites for hydroxylation is 1. The van der Waals surface area contributed by atoms with E-state index in [4.69, 9.17) is 0 Å². The summed E-state index contributed by atoms with van der Waals surface area (Å²) in [5, 5.41) is 11.9. The first-order chi connectivity index (χ1) is 12.6. The summed E-state index contributed by atoms with van der Waals surface area (Å²) in [4.78, 5) is 12.2. The summed E-state index contributed by atoms with van der Waals surface area (Å²) in [6.07, 6.45) is 0.993. The van der Waals surface area contributed by atoms with Gasteiger partial charge in [-0.1, -0.05) is 31.2 Å². The van der Waals surface area contributed by atoms with Crippen LogP contribution in [0.4, 0.5) is 5.69 Å². The van der Waals surface area contributed by atoms with Crippen LogP contribution < -0.4 is 10.0 Å². The van der Waals surface area contributed by atoms with E-state index in [1.54, 1.807) is 62.4 Å². The van der Waals surface area contributed by atoms with Crippen molar-refractivity contribution in [2.45, 2.75) is 44.0 Å². The molecule has 0 saturated carbocycles. The van der Waals surface area contributed by atoms with Gasteiger partial charge < -0.3 is 10.4 Å². The molecule has 0 atom stereocenters. The van der Waals surface area contributed by atoms with Gasteiger partial charge in [0.15, 0.2) is 0 Å². The molecule has 0 saturated heterocycles. The molecule has 0 spiro atoms. The lowest BCUT2D eigenvalue weighted by Crippen LogP contribution is -2.46. The second-order valence-electron chi connectivity index (χ2n) is 7.07. The Bertz CT molecular complexity index is 873. The Kier molecular flexibility index (Phi) is 6.62. The van der Waals surface area contributed by atoms with Crippen molar-refractivity contribution in [1.82, 2.24) is 5.32 Å². The number of amides is 1. The van der Waals surface area contributed by atoms with E-state index < -0.39 is 15.6 Å². The number of aliphatic hydroxyl groups is 1. The highest BCUT2D eigenvalue weighted by molar-refractivity contribution is 7.92. The van der Waals surface area contributed by atoms with Gasteiger partial charge in [0.1, 0.15) is 0 Å². The number of rotatable bonds is 8. The fourth-order valence-electron chi connectivity index (χ4n) is 2.46. The van der Waals surface area contributed by atoms with Crippen LogP contribution in [-0.4, -0.2) is 31.6 Å². The average molecular weight is 391 g/mol. The van der Waals surface area contributed by atoms with Gasteiger partial charge in [-0.25, -0.2) is 8.42 Å². The highest BCUT2D eigenvalue weighted by atomic mass is 32.2. The molecule has 2 rings (SSSR count). The molecule has 0 fully saturated rings. The number of carbonyl (C=O) groups excluding carboxylic acids is 1. The van der Waals surface area contributed by atoms with Crippen LogP contribution in [0.1, 0.15) is 31.9 Å². The third-order valence-corrected chi connectivity index (χ3v) is 5.48. The quantitative estimate of drug-likeness (QED) is 0.645. The van der Waals surface area contributed by atoms with E-state index in [9.17, 15) is 18.3 Å². The maximum absolute atomic E-state index is 12.5. The zero-order valence-corrected chi connectivity index (χ0v) is 16.6. The number of hydrogen-bond donors (Lipinski definition) is 3. The summed E-state index contributed by atoms with van der Waals surface area (Å²) in [6, 6.07) is 13.4. The van der Waals surface area contributed by atoms with E-state index in [0.29, 0.717) is 5.69 Å². The Balaban J connectivity index is 2.03. The maximum atomic E-state index is 12.5. The average Bonchev–Trinajstić information content (AvgIpc) is 2.62. The SMILES string of the molecule is CCc1ccc(S(=O)(=O)Nc2ccc(CC(=O)NC(C)(C)CO)cc2)cc1. The van der Waals surface area contributed by atoms with Gasteiger partial charge in [0.05, 0.1) is 23.5 Å². The second kappa shape index (κ2) is 8.54. The Labute approximate surface area is 160 Å². The first-order valence-electron chi connectivity index (χ1n) is 8.78. The molecule has 0 aromatic heterocycles. The van der Waals surface area contributed by atoms with Crippen LogP contribution in [0.15, 0.2) is 53.4 Å². The summed E-state index contributed by atoms with van der Waals surface area (Å²) in [5.41, 5.74) is 1.56. The maximum Gasteiger partial charge on any atom is 0.261 e. The smallest absolute Gasteiger partial charge is 0.261 e. The molecule has 0 unspecified atom stereocenters. The van der Waals surface area contributed by atoms with Crippen molar-refractivity contribution in [3.63, 3.8) is 0 Å². The molecule has 2 aromatic rings. The standard InChI is InChI=1S/C20H26N2O4S/c1-4-15-7-11-18(12-8-15)27(25,26)22-17-9-5-16(6-10-17)13-19(24)21-20(2,3)14-23/h5-12,22-23H,4,13-14H2,1-3H3,(H,21,24). The number of benzene rings is 2. The van der Waals surface area contributed by atoms with Gasteiger partial charge in [-0.15, -0.1) is 0 Å². The summed E-state index contributed by atoms with van der Waals surface area (Å²) in [6.45, 7) is 5.32. The molecular formula is C20H26N2O4S. The Hall–Kier alpha value is -2.38. The Morgan fingerprint density at radius 3 is 2.07 bits per heavy atom. The topological polar surface area (TPSA) is 95.5 Å². The van der Waals surface area contributed by atoms with Crippen LogP contribution in [0, 0.1) is 0 Å². The van der Waals surface area contributed by atoms with E-state index in [1.165, 1.54) is 0 Å². The number of sulfonamides is 1. The molecule has 0 heterocycles. The molecule has 27 heavy (non-hydrogen) atoms. The molecule has 0 aliphatic heterocycles. The van der Waals surface area contributed by atoms with Gasteiger partial charge in [-0.3, -0.25) is 9.52 Å². The zero-order valence-electron chi connectivity index (χ0n) is 15.8. The summed E-state index contributed by atoms with van der Waals surface area (Å²) < 4.78 is 27.4. The van der Waals surface area contributed by atoms with Crippen LogP contribution in [0.25, 0.3) is 0 Å². The van der Waals surface area contributed by atoms with Crippen molar-refractivity contribution < 1.29 is 18.3 Å². The van der Waals surface area contributed by atoms with Gasteiger partial charge in [0, 0.05) is 5.69 Å². The number of aliphatic hydroxyl groups excluding tert-OH is 1. The molecule has 2 aromatic carbocycles. The first-order valence-corrected chi connectivity index (χ1v) is 10.3. The third kappa shape index (κ3) is 6.08. The van der Waals surface area contributed by atoms with Gasteiger partial charge in [-0.05, 0) is 55.7 Å². The highest BCUT2D eigenvalue weighted by Gasteiger charge is 2.19. The minimum Gasteiger partial charge on any atom is -0.394 e. The van der Waals surface area contributed by atoms with Crippen molar-refractivity contribution in [3.05, 3.63) is 59.7 Å². The largest absolute Gasteiger partial charge is 0.394 e. The van der Waals surface area contributed by atoms with E-state index in [0.717, 1.165) is 17.5 Å². The lowest BCUT2D eigenvalue weighted by Gasteiger charge is -2.23. The normalized spacial score (nSPS) is 11.9. The Morgan fingerprint density at radius 2 is 1.56 bits per heavy atom.